The first-order chi connectivity index (χ1) is 8.04. The van der Waals surface area contributed by atoms with Crippen LogP contribution >= 0.6 is 11.6 Å². The molecule has 0 aliphatic rings. The molecule has 1 aromatic heterocycles. The summed E-state index contributed by atoms with van der Waals surface area (Å²) in [5.74, 6) is 0.176. The van der Waals surface area contributed by atoms with Crippen LogP contribution < -0.4 is 0 Å². The normalized spacial score (nSPS) is 10.2. The maximum atomic E-state index is 9.69. The quantitative estimate of drug-likeness (QED) is 0.785. The summed E-state index contributed by atoms with van der Waals surface area (Å²) in [5, 5.41) is 14.3. The molecule has 0 aliphatic heterocycles. The molecule has 0 radical (unpaired) electrons. The Morgan fingerprint density at radius 1 is 1.41 bits per heavy atom. The molecule has 2 aromatic rings. The highest BCUT2D eigenvalue weighted by Gasteiger charge is 2.12. The second-order valence-corrected chi connectivity index (χ2v) is 4.09. The molecule has 0 amide bonds. The predicted molar refractivity (Wildman–Crippen MR) is 66.0 cm³/mol. The lowest BCUT2D eigenvalue weighted by Gasteiger charge is -2.05. The van der Waals surface area contributed by atoms with Crippen LogP contribution in [0.1, 0.15) is 11.4 Å². The number of aromatic hydroxyl groups is 1. The predicted octanol–water partition coefficient (Wildman–Crippen LogP) is 3.40. The van der Waals surface area contributed by atoms with E-state index in [2.05, 4.69) is 9.94 Å². The third-order valence-corrected chi connectivity index (χ3v) is 2.85. The number of rotatable bonds is 1. The van der Waals surface area contributed by atoms with Gasteiger partial charge in [-0.1, -0.05) is 17.7 Å². The average molecular weight is 248 g/mol. The molecule has 1 N–H and O–H groups in total. The van der Waals surface area contributed by atoms with Gasteiger partial charge in [-0.25, -0.2) is 9.53 Å². The topological polar surface area (TPSA) is 42.4 Å². The van der Waals surface area contributed by atoms with Crippen molar-refractivity contribution >= 4 is 17.3 Å². The van der Waals surface area contributed by atoms with Gasteiger partial charge in [0, 0.05) is 5.02 Å². The van der Waals surface area contributed by atoms with Gasteiger partial charge in [-0.3, -0.25) is 0 Å². The van der Waals surface area contributed by atoms with Crippen molar-refractivity contribution < 1.29 is 5.11 Å². The summed E-state index contributed by atoms with van der Waals surface area (Å²) in [6, 6.07) is 5.05. The van der Waals surface area contributed by atoms with Gasteiger partial charge in [-0.05, 0) is 26.0 Å². The molecule has 0 unspecified atom stereocenters. The second kappa shape index (κ2) is 4.11. The Hall–Kier alpha value is -1.99. The Bertz CT molecular complexity index is 625. The number of nitrogens with zero attached hydrogens (tertiary/aromatic N) is 3. The molecule has 17 heavy (non-hydrogen) atoms. The van der Waals surface area contributed by atoms with Gasteiger partial charge < -0.3 is 5.11 Å². The van der Waals surface area contributed by atoms with Crippen molar-refractivity contribution in [1.82, 2.24) is 9.78 Å². The zero-order valence-corrected chi connectivity index (χ0v) is 10.2. The van der Waals surface area contributed by atoms with Crippen LogP contribution in [0.25, 0.3) is 10.5 Å². The summed E-state index contributed by atoms with van der Waals surface area (Å²) in [6.07, 6.45) is 0. The lowest BCUT2D eigenvalue weighted by atomic mass is 10.2. The Balaban J connectivity index is 2.58. The zero-order chi connectivity index (χ0) is 12.6. The monoisotopic (exact) mass is 247 g/mol. The number of hydrogen-bond donors (Lipinski definition) is 1. The van der Waals surface area contributed by atoms with Crippen molar-refractivity contribution in [3.63, 3.8) is 0 Å². The fraction of sp³-hybridized carbons (Fsp3) is 0.167. The molecule has 86 valence electrons. The Morgan fingerprint density at radius 2 is 2.12 bits per heavy atom. The zero-order valence-electron chi connectivity index (χ0n) is 9.40. The van der Waals surface area contributed by atoms with Crippen LogP contribution in [-0.4, -0.2) is 14.9 Å². The van der Waals surface area contributed by atoms with E-state index in [4.69, 9.17) is 18.2 Å². The van der Waals surface area contributed by atoms with E-state index in [0.29, 0.717) is 22.1 Å². The van der Waals surface area contributed by atoms with Gasteiger partial charge in [-0.15, -0.1) is 0 Å². The van der Waals surface area contributed by atoms with E-state index in [1.807, 2.05) is 0 Å². The Morgan fingerprint density at radius 3 is 2.59 bits per heavy atom. The minimum absolute atomic E-state index is 0.176. The highest BCUT2D eigenvalue weighted by molar-refractivity contribution is 6.33. The van der Waals surface area contributed by atoms with Crippen molar-refractivity contribution in [2.24, 2.45) is 0 Å². The van der Waals surface area contributed by atoms with Crippen LogP contribution in [0.3, 0.4) is 0 Å². The van der Waals surface area contributed by atoms with Gasteiger partial charge >= 0.3 is 0 Å². The first-order valence-corrected chi connectivity index (χ1v) is 5.35. The summed E-state index contributed by atoms with van der Waals surface area (Å²) in [5.41, 5.74) is 2.34. The van der Waals surface area contributed by atoms with Crippen molar-refractivity contribution in [3.05, 3.63) is 46.0 Å². The molecule has 1 aromatic carbocycles. The maximum Gasteiger partial charge on any atom is 0.205 e. The average Bonchev–Trinajstić information content (AvgIpc) is 2.57. The molecule has 0 fully saturated rings. The molecule has 0 saturated carbocycles. The molecule has 0 saturated heterocycles. The van der Waals surface area contributed by atoms with Gasteiger partial charge in [0.25, 0.3) is 0 Å². The van der Waals surface area contributed by atoms with E-state index in [-0.39, 0.29) is 5.75 Å². The van der Waals surface area contributed by atoms with Crippen LogP contribution in [0.2, 0.25) is 5.02 Å². The SMILES string of the molecule is [C-]#[N+]c1ccc(-n2nc(C)c(O)c2C)cc1Cl. The summed E-state index contributed by atoms with van der Waals surface area (Å²) in [4.78, 5) is 3.29. The van der Waals surface area contributed by atoms with E-state index in [9.17, 15) is 5.11 Å². The lowest BCUT2D eigenvalue weighted by molar-refractivity contribution is 0.466. The number of halogens is 1. The van der Waals surface area contributed by atoms with Gasteiger partial charge in [0.15, 0.2) is 5.75 Å². The van der Waals surface area contributed by atoms with Crippen molar-refractivity contribution in [2.75, 3.05) is 0 Å². The fourth-order valence-electron chi connectivity index (χ4n) is 1.60. The van der Waals surface area contributed by atoms with Gasteiger partial charge in [-0.2, -0.15) is 5.10 Å². The van der Waals surface area contributed by atoms with Gasteiger partial charge in [0.2, 0.25) is 5.69 Å². The maximum absolute atomic E-state index is 9.69. The van der Waals surface area contributed by atoms with Crippen LogP contribution in [0, 0.1) is 20.4 Å². The summed E-state index contributed by atoms with van der Waals surface area (Å²) >= 11 is 5.96. The fourth-order valence-corrected chi connectivity index (χ4v) is 1.82. The smallest absolute Gasteiger partial charge is 0.205 e. The van der Waals surface area contributed by atoms with Crippen LogP contribution in [-0.2, 0) is 0 Å². The van der Waals surface area contributed by atoms with Crippen LogP contribution in [0.4, 0.5) is 5.69 Å². The van der Waals surface area contributed by atoms with E-state index >= 15 is 0 Å². The van der Waals surface area contributed by atoms with E-state index in [1.54, 1.807) is 36.7 Å². The minimum atomic E-state index is 0.176. The minimum Gasteiger partial charge on any atom is -0.504 e. The third-order valence-electron chi connectivity index (χ3n) is 2.55. The van der Waals surface area contributed by atoms with E-state index in [1.165, 1.54) is 0 Å². The summed E-state index contributed by atoms with van der Waals surface area (Å²) < 4.78 is 1.60. The number of aryl methyl sites for hydroxylation is 1. The highest BCUT2D eigenvalue weighted by Crippen LogP contribution is 2.29. The Labute approximate surface area is 104 Å². The molecular formula is C12H10ClN3O. The molecule has 1 heterocycles. The number of hydrogen-bond acceptors (Lipinski definition) is 2. The first kappa shape index (κ1) is 11.5. The first-order valence-electron chi connectivity index (χ1n) is 4.97. The lowest BCUT2D eigenvalue weighted by Crippen LogP contribution is -1.98. The highest BCUT2D eigenvalue weighted by atomic mass is 35.5. The Kier molecular flexibility index (Phi) is 2.78. The van der Waals surface area contributed by atoms with E-state index < -0.39 is 0 Å². The molecule has 4 nitrogen and oxygen atoms in total. The number of aromatic nitrogens is 2. The van der Waals surface area contributed by atoms with Crippen molar-refractivity contribution in [1.29, 1.82) is 0 Å². The van der Waals surface area contributed by atoms with Crippen LogP contribution in [0.15, 0.2) is 18.2 Å². The largest absolute Gasteiger partial charge is 0.504 e. The molecule has 0 aliphatic carbocycles. The number of benzene rings is 1. The van der Waals surface area contributed by atoms with E-state index in [0.717, 1.165) is 5.69 Å². The molecule has 0 atom stereocenters. The molecule has 5 heteroatoms. The van der Waals surface area contributed by atoms with Gasteiger partial charge in [0.1, 0.15) is 5.69 Å². The van der Waals surface area contributed by atoms with Gasteiger partial charge in [0.05, 0.1) is 18.0 Å². The van der Waals surface area contributed by atoms with Crippen LogP contribution in [0.5, 0.6) is 5.75 Å². The molecule has 0 bridgehead atoms. The summed E-state index contributed by atoms with van der Waals surface area (Å²) in [6.45, 7) is 10.4. The standard InChI is InChI=1S/C12H10ClN3O/c1-7-12(17)8(2)16(15-7)9-4-5-11(14-3)10(13)6-9/h4-6,17H,1-2H3. The molecule has 2 rings (SSSR count). The summed E-state index contributed by atoms with van der Waals surface area (Å²) in [7, 11) is 0. The van der Waals surface area contributed by atoms with Crippen molar-refractivity contribution in [3.8, 4) is 11.4 Å². The second-order valence-electron chi connectivity index (χ2n) is 3.68. The molecular weight excluding hydrogens is 238 g/mol. The van der Waals surface area contributed by atoms with Crippen molar-refractivity contribution in [2.45, 2.75) is 13.8 Å². The third kappa shape index (κ3) is 1.85. The molecule has 0 spiro atoms.